The van der Waals surface area contributed by atoms with Gasteiger partial charge in [0.05, 0.1) is 11.7 Å². The van der Waals surface area contributed by atoms with Gasteiger partial charge in [-0.05, 0) is 57.0 Å². The minimum Gasteiger partial charge on any atom is -0.491 e. The fourth-order valence-corrected chi connectivity index (χ4v) is 3.08. The van der Waals surface area contributed by atoms with Crippen molar-refractivity contribution in [3.63, 3.8) is 0 Å². The number of carbonyl (C=O) groups excluding carboxylic acids is 2. The van der Waals surface area contributed by atoms with Gasteiger partial charge in [-0.15, -0.1) is 0 Å². The van der Waals surface area contributed by atoms with Gasteiger partial charge in [-0.2, -0.15) is 0 Å². The van der Waals surface area contributed by atoms with Gasteiger partial charge in [-0.1, -0.05) is 0 Å². The molecule has 1 aromatic heterocycles. The third kappa shape index (κ3) is 4.57. The molecule has 3 rings (SSSR count). The number of benzene rings is 1. The van der Waals surface area contributed by atoms with Crippen LogP contribution in [-0.2, 0) is 16.5 Å². The zero-order valence-corrected chi connectivity index (χ0v) is 16.0. The molecule has 6 heteroatoms. The first kappa shape index (κ1) is 19.2. The highest BCUT2D eigenvalue weighted by atomic mass is 16.5. The summed E-state index contributed by atoms with van der Waals surface area (Å²) in [4.78, 5) is 24.5. The second-order valence-corrected chi connectivity index (χ2v) is 6.81. The molecular weight excluding hydrogens is 346 g/mol. The van der Waals surface area contributed by atoms with Crippen LogP contribution in [0.3, 0.4) is 0 Å². The Balaban J connectivity index is 1.51. The van der Waals surface area contributed by atoms with Crippen LogP contribution < -0.4 is 4.74 Å². The minimum atomic E-state index is -0.528. The number of ketones is 1. The molecule has 0 amide bonds. The highest BCUT2D eigenvalue weighted by Gasteiger charge is 2.18. The van der Waals surface area contributed by atoms with Crippen molar-refractivity contribution in [2.75, 3.05) is 19.8 Å². The number of Topliss-reactive ketones (excluding diaryl/α,β-unsaturated/α-hetero) is 1. The van der Waals surface area contributed by atoms with E-state index >= 15 is 0 Å². The van der Waals surface area contributed by atoms with Crippen LogP contribution in [-0.4, -0.2) is 42.2 Å². The summed E-state index contributed by atoms with van der Waals surface area (Å²) in [6.07, 6.45) is 2.23. The topological polar surface area (TPSA) is 66.8 Å². The molecule has 1 saturated heterocycles. The molecule has 27 heavy (non-hydrogen) atoms. The maximum Gasteiger partial charge on any atom is 0.338 e. The molecule has 1 aliphatic rings. The molecule has 144 valence electrons. The summed E-state index contributed by atoms with van der Waals surface area (Å²) in [5.41, 5.74) is 2.82. The van der Waals surface area contributed by atoms with E-state index in [1.54, 1.807) is 24.3 Å². The van der Waals surface area contributed by atoms with E-state index < -0.39 is 5.97 Å². The molecule has 0 spiro atoms. The fourth-order valence-electron chi connectivity index (χ4n) is 3.08. The Kier molecular flexibility index (Phi) is 5.96. The summed E-state index contributed by atoms with van der Waals surface area (Å²) >= 11 is 0. The van der Waals surface area contributed by atoms with Gasteiger partial charge in [0.15, 0.2) is 6.61 Å². The molecule has 0 radical (unpaired) electrons. The number of nitrogens with zero attached hydrogens (tertiary/aromatic N) is 1. The van der Waals surface area contributed by atoms with E-state index in [-0.39, 0.29) is 18.5 Å². The van der Waals surface area contributed by atoms with Crippen molar-refractivity contribution in [1.29, 1.82) is 0 Å². The first-order valence-electron chi connectivity index (χ1n) is 9.13. The van der Waals surface area contributed by atoms with Crippen LogP contribution in [0.5, 0.6) is 5.75 Å². The van der Waals surface area contributed by atoms with E-state index in [1.807, 2.05) is 31.5 Å². The number of aromatic nitrogens is 1. The average molecular weight is 371 g/mol. The summed E-state index contributed by atoms with van der Waals surface area (Å²) < 4.78 is 18.3. The summed E-state index contributed by atoms with van der Waals surface area (Å²) in [6, 6.07) is 8.52. The highest BCUT2D eigenvalue weighted by Crippen LogP contribution is 2.18. The van der Waals surface area contributed by atoms with E-state index in [4.69, 9.17) is 14.2 Å². The van der Waals surface area contributed by atoms with Crippen molar-refractivity contribution >= 4 is 11.8 Å². The largest absolute Gasteiger partial charge is 0.491 e. The Hall–Kier alpha value is -2.60. The SMILES string of the molecule is Cc1cc(C(=O)COC(=O)c2ccc(OC[C@@H]3CCCO3)cc2)c(C)n1C. The van der Waals surface area contributed by atoms with Gasteiger partial charge >= 0.3 is 5.97 Å². The monoisotopic (exact) mass is 371 g/mol. The van der Waals surface area contributed by atoms with E-state index in [1.165, 1.54) is 0 Å². The zero-order valence-electron chi connectivity index (χ0n) is 16.0. The summed E-state index contributed by atoms with van der Waals surface area (Å²) in [5.74, 6) is -0.0612. The van der Waals surface area contributed by atoms with Crippen molar-refractivity contribution in [2.24, 2.45) is 7.05 Å². The molecule has 1 atom stereocenters. The smallest absolute Gasteiger partial charge is 0.338 e. The van der Waals surface area contributed by atoms with Crippen molar-refractivity contribution in [3.8, 4) is 5.75 Å². The second kappa shape index (κ2) is 8.39. The van der Waals surface area contributed by atoms with Crippen LogP contribution in [0, 0.1) is 13.8 Å². The van der Waals surface area contributed by atoms with E-state index in [0.29, 0.717) is 23.5 Å². The van der Waals surface area contributed by atoms with Crippen LogP contribution in [0.2, 0.25) is 0 Å². The van der Waals surface area contributed by atoms with E-state index in [9.17, 15) is 9.59 Å². The van der Waals surface area contributed by atoms with Crippen molar-refractivity contribution in [3.05, 3.63) is 52.8 Å². The molecular formula is C21H25NO5. The van der Waals surface area contributed by atoms with E-state index in [0.717, 1.165) is 30.8 Å². The molecule has 1 fully saturated rings. The minimum absolute atomic E-state index is 0.144. The van der Waals surface area contributed by atoms with Gasteiger partial charge in [0, 0.05) is 30.6 Å². The first-order chi connectivity index (χ1) is 13.0. The predicted octanol–water partition coefficient (Wildman–Crippen LogP) is 3.24. The Labute approximate surface area is 159 Å². The van der Waals surface area contributed by atoms with Crippen LogP contribution in [0.1, 0.15) is 44.9 Å². The first-order valence-corrected chi connectivity index (χ1v) is 9.13. The van der Waals surface area contributed by atoms with Crippen LogP contribution in [0.15, 0.2) is 30.3 Å². The number of hydrogen-bond donors (Lipinski definition) is 0. The maximum atomic E-state index is 12.3. The number of carbonyl (C=O) groups is 2. The van der Waals surface area contributed by atoms with Crippen molar-refractivity contribution in [2.45, 2.75) is 32.8 Å². The molecule has 2 aromatic rings. The lowest BCUT2D eigenvalue weighted by Gasteiger charge is -2.11. The van der Waals surface area contributed by atoms with Crippen LogP contribution >= 0.6 is 0 Å². The molecule has 0 N–H and O–H groups in total. The Morgan fingerprint density at radius 3 is 2.56 bits per heavy atom. The molecule has 0 unspecified atom stereocenters. The maximum absolute atomic E-state index is 12.3. The zero-order chi connectivity index (χ0) is 19.4. The number of ether oxygens (including phenoxy) is 3. The molecule has 1 aromatic carbocycles. The Morgan fingerprint density at radius 2 is 1.96 bits per heavy atom. The van der Waals surface area contributed by atoms with Crippen molar-refractivity contribution < 1.29 is 23.8 Å². The lowest BCUT2D eigenvalue weighted by atomic mass is 10.1. The Morgan fingerprint density at radius 1 is 1.22 bits per heavy atom. The van der Waals surface area contributed by atoms with Gasteiger partial charge in [0.2, 0.25) is 5.78 Å². The number of hydrogen-bond acceptors (Lipinski definition) is 5. The van der Waals surface area contributed by atoms with Gasteiger partial charge in [-0.25, -0.2) is 4.79 Å². The Bertz CT molecular complexity index is 816. The summed E-state index contributed by atoms with van der Waals surface area (Å²) in [5, 5.41) is 0. The molecule has 1 aliphatic heterocycles. The fraction of sp³-hybridized carbons (Fsp3) is 0.429. The molecule has 6 nitrogen and oxygen atoms in total. The number of aryl methyl sites for hydroxylation is 1. The molecule has 0 saturated carbocycles. The third-order valence-corrected chi connectivity index (χ3v) is 4.96. The normalized spacial score (nSPS) is 16.3. The van der Waals surface area contributed by atoms with Crippen LogP contribution in [0.4, 0.5) is 0 Å². The molecule has 2 heterocycles. The lowest BCUT2D eigenvalue weighted by Crippen LogP contribution is -2.16. The third-order valence-electron chi connectivity index (χ3n) is 4.96. The van der Waals surface area contributed by atoms with Gasteiger partial charge in [0.1, 0.15) is 12.4 Å². The molecule has 0 bridgehead atoms. The van der Waals surface area contributed by atoms with E-state index in [2.05, 4.69) is 0 Å². The van der Waals surface area contributed by atoms with Crippen molar-refractivity contribution in [1.82, 2.24) is 4.57 Å². The molecule has 0 aliphatic carbocycles. The second-order valence-electron chi connectivity index (χ2n) is 6.81. The standard InChI is InChI=1S/C21H25NO5/c1-14-11-19(15(2)22(14)3)20(23)13-27-21(24)16-6-8-17(9-7-16)26-12-18-5-4-10-25-18/h6-9,11,18H,4-5,10,12-13H2,1-3H3/t18-/m0/s1. The lowest BCUT2D eigenvalue weighted by molar-refractivity contribution is 0.0474. The average Bonchev–Trinajstić information content (AvgIpc) is 3.29. The summed E-state index contributed by atoms with van der Waals surface area (Å²) in [7, 11) is 1.90. The quantitative estimate of drug-likeness (QED) is 0.552. The van der Waals surface area contributed by atoms with Crippen LogP contribution in [0.25, 0.3) is 0 Å². The summed E-state index contributed by atoms with van der Waals surface area (Å²) in [6.45, 7) is 4.82. The number of esters is 1. The van der Waals surface area contributed by atoms with Gasteiger partial charge in [-0.3, -0.25) is 4.79 Å². The highest BCUT2D eigenvalue weighted by molar-refractivity contribution is 6.00. The van der Waals surface area contributed by atoms with Gasteiger partial charge < -0.3 is 18.8 Å². The number of rotatable bonds is 7. The van der Waals surface area contributed by atoms with Gasteiger partial charge in [0.25, 0.3) is 0 Å². The predicted molar refractivity (Wildman–Crippen MR) is 100 cm³/mol.